The van der Waals surface area contributed by atoms with Gasteiger partial charge in [-0.2, -0.15) is 28.8 Å². The largest absolute Gasteiger partial charge is 0.465 e. The number of carbonyl (C=O) groups is 4. The number of hydrogen-bond donors (Lipinski definition) is 3. The van der Waals surface area contributed by atoms with Gasteiger partial charge in [0.15, 0.2) is 0 Å². The van der Waals surface area contributed by atoms with Gasteiger partial charge < -0.3 is 35.3 Å². The molecular weight excluding hydrogens is 1000 g/mol. The number of rotatable bonds is 12. The van der Waals surface area contributed by atoms with E-state index in [2.05, 4.69) is 47.2 Å². The molecule has 5 aromatic rings. The van der Waals surface area contributed by atoms with Crippen molar-refractivity contribution in [2.45, 2.75) is 47.5 Å². The first-order valence-corrected chi connectivity index (χ1v) is 21.3. The lowest BCUT2D eigenvalue weighted by Gasteiger charge is -2.19. The molecule has 5 rings (SSSR count). The van der Waals surface area contributed by atoms with E-state index in [0.717, 1.165) is 49.9 Å². The quantitative estimate of drug-likeness (QED) is 0.0597. The smallest absolute Gasteiger partial charge is 0.373 e. The van der Waals surface area contributed by atoms with Gasteiger partial charge >= 0.3 is 42.3 Å². The molecule has 17 nitrogen and oxygen atoms in total. The molecule has 0 unspecified atom stereocenters. The molecule has 0 saturated carbocycles. The predicted octanol–water partition coefficient (Wildman–Crippen LogP) is 9.26. The molecule has 0 aromatic heterocycles. The van der Waals surface area contributed by atoms with Gasteiger partial charge in [0.25, 0.3) is 0 Å². The first-order valence-electron chi connectivity index (χ1n) is 19.7. The second kappa shape index (κ2) is 33.9. The lowest BCUT2D eigenvalue weighted by molar-refractivity contribution is -0.193. The Morgan fingerprint density at radius 3 is 1.43 bits per heavy atom. The summed E-state index contributed by atoms with van der Waals surface area (Å²) in [6.45, 7) is 10.3. The minimum absolute atomic E-state index is 0.250. The highest BCUT2D eigenvalue weighted by atomic mass is 79.9. The topological polar surface area (TPSA) is 258 Å². The van der Waals surface area contributed by atoms with E-state index in [1.165, 1.54) is 14.2 Å². The summed E-state index contributed by atoms with van der Waals surface area (Å²) in [5.41, 5.74) is 13.8. The van der Waals surface area contributed by atoms with Gasteiger partial charge in [-0.25, -0.2) is 19.2 Å². The van der Waals surface area contributed by atoms with Gasteiger partial charge in [-0.05, 0) is 121 Å². The Balaban J connectivity index is 0.00000102. The SMILES string of the molecule is CCOC(=O)c1cc(CC)c(Br)cc1Br.CCOC(=O)c1cc(CC)c(Nc2ccccc2C)cc1Nc1ccccc1C(=O)OC.COC(=O)c1ccccc1N.O=C=O.O=C=O.O=C=O. The summed E-state index contributed by atoms with van der Waals surface area (Å²) in [4.78, 5) is 96.2. The Morgan fingerprint density at radius 2 is 0.940 bits per heavy atom. The normalized spacial score (nSPS) is 9.09. The molecule has 0 amide bonds. The first-order chi connectivity index (χ1) is 32.1. The van der Waals surface area contributed by atoms with Crippen LogP contribution < -0.4 is 16.4 Å². The summed E-state index contributed by atoms with van der Waals surface area (Å²) in [5, 5.41) is 6.73. The molecule has 0 aliphatic heterocycles. The average molecular weight is 1050 g/mol. The van der Waals surface area contributed by atoms with E-state index in [9.17, 15) is 19.2 Å². The number of carbonyl (C=O) groups excluding carboxylic acids is 10. The third kappa shape index (κ3) is 20.5. The highest BCUT2D eigenvalue weighted by Gasteiger charge is 2.20. The number of nitrogen functional groups attached to an aromatic ring is 1. The highest BCUT2D eigenvalue weighted by molar-refractivity contribution is 9.11. The molecular formula is C48H49Br2N3O14. The molecule has 0 atom stereocenters. The molecule has 19 heteroatoms. The van der Waals surface area contributed by atoms with E-state index >= 15 is 0 Å². The summed E-state index contributed by atoms with van der Waals surface area (Å²) >= 11 is 6.80. The summed E-state index contributed by atoms with van der Waals surface area (Å²) in [6, 6.07) is 29.2. The number of hydrogen-bond acceptors (Lipinski definition) is 17. The van der Waals surface area contributed by atoms with Crippen molar-refractivity contribution in [3.8, 4) is 0 Å². The molecule has 0 aliphatic carbocycles. The number of para-hydroxylation sites is 3. The van der Waals surface area contributed by atoms with Crippen molar-refractivity contribution < 1.29 is 66.9 Å². The van der Waals surface area contributed by atoms with Crippen LogP contribution in [0.4, 0.5) is 28.4 Å². The second-order valence-electron chi connectivity index (χ2n) is 12.6. The van der Waals surface area contributed by atoms with Crippen molar-refractivity contribution in [1.29, 1.82) is 0 Å². The van der Waals surface area contributed by atoms with Gasteiger partial charge in [-0.3, -0.25) is 0 Å². The van der Waals surface area contributed by atoms with E-state index in [0.29, 0.717) is 45.9 Å². The number of aryl methyl sites for hydroxylation is 3. The van der Waals surface area contributed by atoms with Crippen LogP contribution >= 0.6 is 31.9 Å². The molecule has 5 aromatic carbocycles. The van der Waals surface area contributed by atoms with E-state index in [1.807, 2.05) is 75.4 Å². The van der Waals surface area contributed by atoms with Crippen LogP contribution in [0.2, 0.25) is 0 Å². The lowest BCUT2D eigenvalue weighted by Crippen LogP contribution is -2.12. The number of benzene rings is 5. The van der Waals surface area contributed by atoms with Crippen molar-refractivity contribution in [3.05, 3.63) is 145 Å². The molecule has 0 radical (unpaired) electrons. The summed E-state index contributed by atoms with van der Waals surface area (Å²) in [6.07, 6.45) is 2.35. The zero-order valence-corrected chi connectivity index (χ0v) is 40.8. The fraction of sp³-hybridized carbons (Fsp3) is 0.229. The van der Waals surface area contributed by atoms with E-state index in [-0.39, 0.29) is 31.0 Å². The van der Waals surface area contributed by atoms with Crippen LogP contribution in [0, 0.1) is 6.92 Å². The summed E-state index contributed by atoms with van der Waals surface area (Å²) < 4.78 is 21.4. The maximum absolute atomic E-state index is 12.7. The summed E-state index contributed by atoms with van der Waals surface area (Å²) in [5.74, 6) is -1.58. The number of methoxy groups -OCH3 is 2. The van der Waals surface area contributed by atoms with Gasteiger partial charge in [-0.15, -0.1) is 0 Å². The van der Waals surface area contributed by atoms with Crippen LogP contribution in [0.25, 0.3) is 0 Å². The Hall–Kier alpha value is -7.52. The number of halogens is 2. The van der Waals surface area contributed by atoms with E-state index in [1.54, 1.807) is 56.3 Å². The lowest BCUT2D eigenvalue weighted by atomic mass is 10.0. The molecule has 0 spiro atoms. The Morgan fingerprint density at radius 1 is 0.507 bits per heavy atom. The molecule has 354 valence electrons. The number of nitrogens with one attached hydrogen (secondary N) is 2. The third-order valence-electron chi connectivity index (χ3n) is 8.51. The van der Waals surface area contributed by atoms with Gasteiger partial charge in [0.1, 0.15) is 0 Å². The van der Waals surface area contributed by atoms with Crippen molar-refractivity contribution in [3.63, 3.8) is 0 Å². The van der Waals surface area contributed by atoms with Crippen LogP contribution in [0.15, 0.2) is 106 Å². The fourth-order valence-corrected chi connectivity index (χ4v) is 6.88. The Labute approximate surface area is 404 Å². The average Bonchev–Trinajstić information content (AvgIpc) is 3.31. The Bertz CT molecular complexity index is 2480. The zero-order valence-electron chi connectivity index (χ0n) is 37.6. The fourth-order valence-electron chi connectivity index (χ4n) is 5.44. The van der Waals surface area contributed by atoms with Gasteiger partial charge in [0.2, 0.25) is 0 Å². The van der Waals surface area contributed by atoms with Crippen LogP contribution in [0.3, 0.4) is 0 Å². The molecule has 0 bridgehead atoms. The third-order valence-corrected chi connectivity index (χ3v) is 9.91. The minimum atomic E-state index is -0.464. The van der Waals surface area contributed by atoms with Crippen LogP contribution in [0.5, 0.6) is 0 Å². The van der Waals surface area contributed by atoms with E-state index < -0.39 is 17.9 Å². The van der Waals surface area contributed by atoms with Gasteiger partial charge in [0, 0.05) is 26.0 Å². The van der Waals surface area contributed by atoms with Crippen molar-refractivity contribution in [2.75, 3.05) is 43.8 Å². The molecule has 0 fully saturated rings. The standard InChI is InChI=1S/C26H28N2O4.C11H12Br2O2.C8H9NO2.3CO2/c1-5-18-15-20(26(30)32-6-2)24(16-23(18)27-21-13-9-7-11-17(21)3)28-22-14-10-8-12-19(22)25(29)31-4;1-3-7-5-8(11(14)15-4-2)10(13)6-9(7)12;1-11-8(10)6-4-2-3-5-7(6)9;3*2-1-3/h7-16,27-28H,5-6H2,1-4H3;5-6H,3-4H2,1-2H3;2-5H,9H2,1H3;;;. The number of nitrogens with two attached hydrogens (primary N) is 1. The minimum Gasteiger partial charge on any atom is -0.465 e. The number of esters is 4. The molecule has 4 N–H and O–H groups in total. The number of anilines is 5. The number of ether oxygens (including phenoxy) is 4. The Kier molecular flexibility index (Phi) is 30.1. The van der Waals surface area contributed by atoms with E-state index in [4.69, 9.17) is 48.7 Å². The van der Waals surface area contributed by atoms with Crippen LogP contribution in [0.1, 0.15) is 85.8 Å². The van der Waals surface area contributed by atoms with Crippen LogP contribution in [-0.2, 0) is 60.6 Å². The van der Waals surface area contributed by atoms with Crippen LogP contribution in [-0.4, -0.2) is 69.8 Å². The van der Waals surface area contributed by atoms with Crippen molar-refractivity contribution in [2.24, 2.45) is 0 Å². The van der Waals surface area contributed by atoms with Gasteiger partial charge in [0.05, 0.1) is 61.1 Å². The predicted molar refractivity (Wildman–Crippen MR) is 252 cm³/mol. The van der Waals surface area contributed by atoms with Crippen molar-refractivity contribution >= 4 is 103 Å². The molecule has 0 aliphatic rings. The monoisotopic (exact) mass is 1050 g/mol. The maximum atomic E-state index is 12.7. The molecule has 0 heterocycles. The zero-order chi connectivity index (χ0) is 50.9. The molecule has 67 heavy (non-hydrogen) atoms. The molecule has 0 saturated heterocycles. The van der Waals surface area contributed by atoms with Crippen molar-refractivity contribution in [1.82, 2.24) is 0 Å². The highest BCUT2D eigenvalue weighted by Crippen LogP contribution is 2.33. The van der Waals surface area contributed by atoms with Gasteiger partial charge in [-0.1, -0.05) is 72.2 Å². The second-order valence-corrected chi connectivity index (χ2v) is 14.3. The summed E-state index contributed by atoms with van der Waals surface area (Å²) in [7, 11) is 2.66. The maximum Gasteiger partial charge on any atom is 0.373 e. The first kappa shape index (κ1) is 59.5.